The normalized spacial score (nSPS) is 12.2. The minimum absolute atomic E-state index is 0.127. The van der Waals surface area contributed by atoms with Gasteiger partial charge in [-0.25, -0.2) is 4.98 Å². The third-order valence-electron chi connectivity index (χ3n) is 6.92. The Morgan fingerprint density at radius 3 is 2.49 bits per heavy atom. The Morgan fingerprint density at radius 1 is 1.00 bits per heavy atom. The number of H-pyrrole nitrogens is 1. The number of carbonyl (C=O) groups excluding carboxylic acids is 1. The van der Waals surface area contributed by atoms with E-state index in [1.165, 1.54) is 5.56 Å². The Bertz CT molecular complexity index is 1380. The Kier molecular flexibility index (Phi) is 8.00. The average Bonchev–Trinajstić information content (AvgIpc) is 3.37. The van der Waals surface area contributed by atoms with Crippen LogP contribution in [0, 0.1) is 41.5 Å². The molecule has 0 aliphatic rings. The number of carbonyl (C=O) groups is 1. The van der Waals surface area contributed by atoms with Crippen molar-refractivity contribution in [2.45, 2.75) is 86.7 Å². The topological polar surface area (TPSA) is 84.3 Å². The van der Waals surface area contributed by atoms with E-state index in [-0.39, 0.29) is 5.91 Å². The van der Waals surface area contributed by atoms with Crippen LogP contribution < -0.4 is 10.1 Å². The van der Waals surface area contributed by atoms with Gasteiger partial charge in [-0.2, -0.15) is 4.63 Å². The quantitative estimate of drug-likeness (QED) is 0.231. The highest BCUT2D eigenvalue weighted by Crippen LogP contribution is 2.34. The molecule has 0 saturated heterocycles. The zero-order chi connectivity index (χ0) is 26.7. The Balaban J connectivity index is 1.63. The number of aromatic amines is 1. The number of nitrogens with zero attached hydrogens (tertiary/aromatic N) is 3. The predicted molar refractivity (Wildman–Crippen MR) is 149 cm³/mol. The third-order valence-corrected chi connectivity index (χ3v) is 6.92. The zero-order valence-corrected chi connectivity index (χ0v) is 23.2. The first-order chi connectivity index (χ1) is 17.7. The fourth-order valence-electron chi connectivity index (χ4n) is 5.01. The van der Waals surface area contributed by atoms with Crippen molar-refractivity contribution in [1.82, 2.24) is 19.8 Å². The molecular weight excluding hydrogens is 462 g/mol. The minimum atomic E-state index is -0.575. The molecule has 2 aromatic heterocycles. The van der Waals surface area contributed by atoms with Crippen molar-refractivity contribution < 1.29 is 9.53 Å². The molecule has 7 heteroatoms. The van der Waals surface area contributed by atoms with Crippen LogP contribution in [0.3, 0.4) is 0 Å². The molecule has 2 aromatic carbocycles. The molecule has 0 bridgehead atoms. The number of amides is 1. The van der Waals surface area contributed by atoms with E-state index in [4.69, 9.17) is 9.72 Å². The van der Waals surface area contributed by atoms with Crippen molar-refractivity contribution in [2.24, 2.45) is 0 Å². The van der Waals surface area contributed by atoms with Crippen LogP contribution in [-0.2, 0) is 4.79 Å². The number of aryl methyl sites for hydroxylation is 5. The van der Waals surface area contributed by atoms with Crippen molar-refractivity contribution in [3.05, 3.63) is 63.8 Å². The summed E-state index contributed by atoms with van der Waals surface area (Å²) in [5, 5.41) is 11.0. The second-order valence-corrected chi connectivity index (χ2v) is 10.2. The number of unbranched alkanes of at least 4 members (excludes halogenated alkanes) is 3. The summed E-state index contributed by atoms with van der Waals surface area (Å²) < 4.78 is 8.02. The van der Waals surface area contributed by atoms with Gasteiger partial charge in [-0.05, 0) is 82.7 Å². The molecule has 0 aliphatic heterocycles. The van der Waals surface area contributed by atoms with Crippen molar-refractivity contribution in [3.8, 4) is 17.1 Å². The molecule has 1 unspecified atom stereocenters. The molecule has 196 valence electrons. The maximum absolute atomic E-state index is 13.7. The second-order valence-electron chi connectivity index (χ2n) is 10.2. The maximum Gasteiger partial charge on any atom is 0.265 e. The van der Waals surface area contributed by atoms with Gasteiger partial charge in [0.05, 0.1) is 0 Å². The first-order valence-corrected chi connectivity index (χ1v) is 13.3. The number of aromatic nitrogens is 4. The third kappa shape index (κ3) is 5.87. The SMILES string of the molecule is CCCCCCC(Oc1ccc(C)cc1C)C(=O)Nc1c(C)cc(C)c(-c2nc3cc(C)[nH]n3n2)c1C. The molecule has 1 amide bonds. The first kappa shape index (κ1) is 26.5. The lowest BCUT2D eigenvalue weighted by Crippen LogP contribution is -2.33. The van der Waals surface area contributed by atoms with E-state index >= 15 is 0 Å². The highest BCUT2D eigenvalue weighted by molar-refractivity contribution is 5.97. The van der Waals surface area contributed by atoms with Crippen molar-refractivity contribution >= 4 is 17.2 Å². The van der Waals surface area contributed by atoms with E-state index in [0.29, 0.717) is 12.2 Å². The fraction of sp³-hybridized carbons (Fsp3) is 0.433. The van der Waals surface area contributed by atoms with Gasteiger partial charge < -0.3 is 10.1 Å². The lowest BCUT2D eigenvalue weighted by molar-refractivity contribution is -0.123. The predicted octanol–water partition coefficient (Wildman–Crippen LogP) is 6.93. The van der Waals surface area contributed by atoms with Crippen LogP contribution in [0.2, 0.25) is 0 Å². The summed E-state index contributed by atoms with van der Waals surface area (Å²) in [5.74, 6) is 1.27. The summed E-state index contributed by atoms with van der Waals surface area (Å²) in [5.41, 5.74) is 8.73. The van der Waals surface area contributed by atoms with E-state index in [1.54, 1.807) is 4.63 Å². The van der Waals surface area contributed by atoms with Crippen LogP contribution in [0.25, 0.3) is 17.0 Å². The fourth-order valence-corrected chi connectivity index (χ4v) is 5.01. The maximum atomic E-state index is 13.7. The highest BCUT2D eigenvalue weighted by atomic mass is 16.5. The number of hydrogen-bond acceptors (Lipinski definition) is 4. The molecule has 0 fully saturated rings. The van der Waals surface area contributed by atoms with E-state index in [9.17, 15) is 4.79 Å². The molecule has 4 aromatic rings. The van der Waals surface area contributed by atoms with Gasteiger partial charge >= 0.3 is 0 Å². The summed E-state index contributed by atoms with van der Waals surface area (Å²) in [4.78, 5) is 18.4. The average molecular weight is 502 g/mol. The van der Waals surface area contributed by atoms with Gasteiger partial charge in [0.15, 0.2) is 17.6 Å². The van der Waals surface area contributed by atoms with E-state index in [1.807, 2.05) is 45.9 Å². The number of hydrogen-bond donors (Lipinski definition) is 2. The van der Waals surface area contributed by atoms with Gasteiger partial charge in [0.25, 0.3) is 5.91 Å². The van der Waals surface area contributed by atoms with Crippen LogP contribution in [0.4, 0.5) is 5.69 Å². The van der Waals surface area contributed by atoms with E-state index in [0.717, 1.165) is 76.3 Å². The van der Waals surface area contributed by atoms with Crippen molar-refractivity contribution in [2.75, 3.05) is 5.32 Å². The number of ether oxygens (including phenoxy) is 1. The highest BCUT2D eigenvalue weighted by Gasteiger charge is 2.24. The number of fused-ring (bicyclic) bond motifs is 1. The molecule has 0 aliphatic carbocycles. The van der Waals surface area contributed by atoms with Crippen LogP contribution in [-0.4, -0.2) is 31.8 Å². The molecule has 0 radical (unpaired) electrons. The molecule has 0 saturated carbocycles. The lowest BCUT2D eigenvalue weighted by Gasteiger charge is -2.22. The molecule has 4 rings (SSSR count). The van der Waals surface area contributed by atoms with E-state index in [2.05, 4.69) is 48.4 Å². The molecule has 2 heterocycles. The number of benzene rings is 2. The smallest absolute Gasteiger partial charge is 0.265 e. The van der Waals surface area contributed by atoms with Gasteiger partial charge in [-0.15, -0.1) is 5.10 Å². The molecule has 0 spiro atoms. The summed E-state index contributed by atoms with van der Waals surface area (Å²) in [7, 11) is 0. The lowest BCUT2D eigenvalue weighted by atomic mass is 9.96. The number of rotatable bonds is 10. The zero-order valence-electron chi connectivity index (χ0n) is 23.2. The van der Waals surface area contributed by atoms with Gasteiger partial charge in [-0.3, -0.25) is 9.89 Å². The summed E-state index contributed by atoms with van der Waals surface area (Å²) >= 11 is 0. The van der Waals surface area contributed by atoms with Gasteiger partial charge in [0, 0.05) is 23.0 Å². The van der Waals surface area contributed by atoms with Crippen LogP contribution in [0.15, 0.2) is 30.3 Å². The number of nitrogens with one attached hydrogen (secondary N) is 2. The van der Waals surface area contributed by atoms with Crippen LogP contribution >= 0.6 is 0 Å². The van der Waals surface area contributed by atoms with Gasteiger partial charge in [0.2, 0.25) is 0 Å². The molecule has 1 atom stereocenters. The summed E-state index contributed by atoms with van der Waals surface area (Å²) in [6.45, 7) is 14.3. The number of anilines is 1. The molecule has 2 N–H and O–H groups in total. The van der Waals surface area contributed by atoms with Crippen molar-refractivity contribution in [3.63, 3.8) is 0 Å². The molecular formula is C30H39N5O2. The van der Waals surface area contributed by atoms with Crippen LogP contribution in [0.1, 0.15) is 72.5 Å². The van der Waals surface area contributed by atoms with Crippen molar-refractivity contribution in [1.29, 1.82) is 0 Å². The van der Waals surface area contributed by atoms with Gasteiger partial charge in [-0.1, -0.05) is 49.9 Å². The van der Waals surface area contributed by atoms with Gasteiger partial charge in [0.1, 0.15) is 5.75 Å². The van der Waals surface area contributed by atoms with E-state index < -0.39 is 6.10 Å². The van der Waals surface area contributed by atoms with Crippen LogP contribution in [0.5, 0.6) is 5.75 Å². The Labute approximate surface area is 219 Å². The summed E-state index contributed by atoms with van der Waals surface area (Å²) in [6, 6.07) is 10.1. The second kappa shape index (κ2) is 11.2. The minimum Gasteiger partial charge on any atom is -0.480 e. The monoisotopic (exact) mass is 501 g/mol. The Morgan fingerprint density at radius 2 is 1.78 bits per heavy atom. The molecule has 37 heavy (non-hydrogen) atoms. The summed E-state index contributed by atoms with van der Waals surface area (Å²) in [6.07, 6.45) is 4.43. The first-order valence-electron chi connectivity index (χ1n) is 13.3. The largest absolute Gasteiger partial charge is 0.480 e. The molecule has 7 nitrogen and oxygen atoms in total. The Hall–Kier alpha value is -3.61. The standard InChI is InChI=1S/C30H39N5O2/c1-8-9-10-11-12-25(37-24-14-13-18(2)15-19(24)3)30(36)32-28-21(5)16-20(4)27(23(28)7)29-31-26-17-22(6)33-35(26)34-29/h13-17,25,33H,8-12H2,1-7H3,(H,32,36).